The minimum atomic E-state index is -0.691. The molecule has 0 aliphatic heterocycles. The number of rotatable bonds is 3. The lowest BCUT2D eigenvalue weighted by atomic mass is 9.84. The van der Waals surface area contributed by atoms with E-state index in [9.17, 15) is 4.39 Å². The summed E-state index contributed by atoms with van der Waals surface area (Å²) < 4.78 is 12.2. The Kier molecular flexibility index (Phi) is 4.52. The number of allylic oxidation sites excluding steroid dienone is 2. The van der Waals surface area contributed by atoms with Crippen molar-refractivity contribution in [2.75, 3.05) is 6.67 Å². The first-order valence-corrected chi connectivity index (χ1v) is 4.17. The summed E-state index contributed by atoms with van der Waals surface area (Å²) in [6, 6.07) is 0. The molecule has 2 N–H and O–H groups in total. The lowest BCUT2D eigenvalue weighted by molar-refractivity contribution is 0.406. The number of hydrogen-bond acceptors (Lipinski definition) is 2. The Hall–Kier alpha value is -0.990. The van der Waals surface area contributed by atoms with Crippen molar-refractivity contribution in [2.24, 2.45) is 5.41 Å². The normalized spacial score (nSPS) is 14.8. The fraction of sp³-hybridized carbons (Fsp3) is 0.600. The highest BCUT2D eigenvalue weighted by atomic mass is 19.1. The van der Waals surface area contributed by atoms with E-state index < -0.39 is 6.67 Å². The molecule has 0 radical (unpaired) electrons. The van der Waals surface area contributed by atoms with Crippen LogP contribution in [0.1, 0.15) is 27.2 Å². The molecule has 0 heterocycles. The van der Waals surface area contributed by atoms with Gasteiger partial charge in [0.25, 0.3) is 0 Å². The van der Waals surface area contributed by atoms with Gasteiger partial charge in [0.1, 0.15) is 6.67 Å². The van der Waals surface area contributed by atoms with Crippen LogP contribution in [0.4, 0.5) is 4.39 Å². The maximum absolute atomic E-state index is 12.2. The zero-order valence-corrected chi connectivity index (χ0v) is 8.34. The Morgan fingerprint density at radius 2 is 1.77 bits per heavy atom. The van der Waals surface area contributed by atoms with Gasteiger partial charge in [-0.2, -0.15) is 0 Å². The lowest BCUT2D eigenvalue weighted by Crippen LogP contribution is -2.10. The van der Waals surface area contributed by atoms with Crippen molar-refractivity contribution in [3.8, 4) is 0 Å². The summed E-state index contributed by atoms with van der Waals surface area (Å²) >= 11 is 0. The molecule has 0 fully saturated rings. The fourth-order valence-electron chi connectivity index (χ4n) is 0.876. The maximum Gasteiger partial charge on any atom is 0.114 e. The molecule has 0 aromatic heterocycles. The van der Waals surface area contributed by atoms with Crippen LogP contribution in [-0.4, -0.2) is 16.9 Å². The van der Waals surface area contributed by atoms with E-state index >= 15 is 0 Å². The van der Waals surface area contributed by atoms with Crippen LogP contribution in [0.25, 0.3) is 0 Å². The Morgan fingerprint density at radius 3 is 2.00 bits per heavy atom. The van der Waals surface area contributed by atoms with Crippen LogP contribution in [0.3, 0.4) is 0 Å². The summed E-state index contributed by atoms with van der Waals surface area (Å²) in [5.41, 5.74) is 0.763. The molecule has 0 aromatic carbocycles. The summed E-state index contributed by atoms with van der Waals surface area (Å²) in [6.07, 6.45) is 2.02. The highest BCUT2D eigenvalue weighted by Crippen LogP contribution is 2.29. The fourth-order valence-corrected chi connectivity index (χ4v) is 0.876. The molecule has 0 saturated heterocycles. The third-order valence-electron chi connectivity index (χ3n) is 1.89. The summed E-state index contributed by atoms with van der Waals surface area (Å²) in [6.45, 7) is 5.07. The first-order valence-electron chi connectivity index (χ1n) is 4.17. The Bertz CT molecular complexity index is 211. The zero-order chi connectivity index (χ0) is 10.5. The van der Waals surface area contributed by atoms with Crippen LogP contribution in [0, 0.1) is 5.41 Å². The van der Waals surface area contributed by atoms with Crippen molar-refractivity contribution < 1.29 is 14.6 Å². The highest BCUT2D eigenvalue weighted by Gasteiger charge is 2.18. The molecule has 3 heteroatoms. The molecule has 0 amide bonds. The summed E-state index contributed by atoms with van der Waals surface area (Å²) in [5.74, 6) is 0. The van der Waals surface area contributed by atoms with E-state index in [4.69, 9.17) is 10.2 Å². The predicted octanol–water partition coefficient (Wildman–Crippen LogP) is 3.28. The molecule has 2 nitrogen and oxygen atoms in total. The molecule has 0 bridgehead atoms. The standard InChI is InChI=1S/C10H17FO2/c1-10(2,3)9(7-13)4-8(5-11)6-12/h6-7,12-13H,4-5H2,1-3H3/b8-6+,9-7-. The second-order valence-corrected chi connectivity index (χ2v) is 4.00. The maximum atomic E-state index is 12.2. The van der Waals surface area contributed by atoms with Crippen molar-refractivity contribution in [3.05, 3.63) is 23.7 Å². The van der Waals surface area contributed by atoms with Crippen LogP contribution < -0.4 is 0 Å². The van der Waals surface area contributed by atoms with E-state index in [0.29, 0.717) is 5.57 Å². The molecular weight excluding hydrogens is 171 g/mol. The molecule has 0 rings (SSSR count). The van der Waals surface area contributed by atoms with E-state index in [1.54, 1.807) is 0 Å². The molecule has 13 heavy (non-hydrogen) atoms. The summed E-state index contributed by atoms with van der Waals surface area (Å²) in [7, 11) is 0. The van der Waals surface area contributed by atoms with Gasteiger partial charge in [-0.1, -0.05) is 20.8 Å². The van der Waals surface area contributed by atoms with E-state index in [1.165, 1.54) is 0 Å². The number of aliphatic hydroxyl groups is 2. The van der Waals surface area contributed by atoms with E-state index in [-0.39, 0.29) is 17.4 Å². The largest absolute Gasteiger partial charge is 0.516 e. The van der Waals surface area contributed by atoms with Gasteiger partial charge < -0.3 is 10.2 Å². The number of halogens is 1. The molecule has 0 spiro atoms. The number of aliphatic hydroxyl groups excluding tert-OH is 2. The summed E-state index contributed by atoms with van der Waals surface area (Å²) in [5, 5.41) is 17.5. The molecule has 76 valence electrons. The second kappa shape index (κ2) is 4.90. The van der Waals surface area contributed by atoms with Crippen LogP contribution >= 0.6 is 0 Å². The van der Waals surface area contributed by atoms with Crippen LogP contribution in [0.2, 0.25) is 0 Å². The van der Waals surface area contributed by atoms with Crippen LogP contribution in [-0.2, 0) is 0 Å². The van der Waals surface area contributed by atoms with Gasteiger partial charge >= 0.3 is 0 Å². The van der Waals surface area contributed by atoms with Gasteiger partial charge in [0, 0.05) is 0 Å². The lowest BCUT2D eigenvalue weighted by Gasteiger charge is -2.22. The molecule has 0 aromatic rings. The first kappa shape index (κ1) is 12.0. The Morgan fingerprint density at radius 1 is 1.23 bits per heavy atom. The van der Waals surface area contributed by atoms with Crippen molar-refractivity contribution in [2.45, 2.75) is 27.2 Å². The third kappa shape index (κ3) is 3.97. The van der Waals surface area contributed by atoms with Crippen molar-refractivity contribution >= 4 is 0 Å². The van der Waals surface area contributed by atoms with Crippen molar-refractivity contribution in [3.63, 3.8) is 0 Å². The van der Waals surface area contributed by atoms with Gasteiger partial charge in [0.2, 0.25) is 0 Å². The molecule has 0 aliphatic carbocycles. The van der Waals surface area contributed by atoms with Crippen LogP contribution in [0.5, 0.6) is 0 Å². The molecule has 0 unspecified atom stereocenters. The Labute approximate surface area is 78.4 Å². The molecule has 0 atom stereocenters. The van der Waals surface area contributed by atoms with Crippen LogP contribution in [0.15, 0.2) is 23.7 Å². The summed E-state index contributed by atoms with van der Waals surface area (Å²) in [4.78, 5) is 0. The SMILES string of the molecule is CC(C)(C)/C(=C\O)C/C(=C\O)CF. The highest BCUT2D eigenvalue weighted by molar-refractivity contribution is 5.17. The second-order valence-electron chi connectivity index (χ2n) is 4.00. The monoisotopic (exact) mass is 188 g/mol. The molecule has 0 aliphatic rings. The van der Waals surface area contributed by atoms with Gasteiger partial charge in [-0.3, -0.25) is 0 Å². The average molecular weight is 188 g/mol. The molecule has 0 saturated carbocycles. The van der Waals surface area contributed by atoms with Gasteiger partial charge in [-0.25, -0.2) is 4.39 Å². The smallest absolute Gasteiger partial charge is 0.114 e. The third-order valence-corrected chi connectivity index (χ3v) is 1.89. The first-order chi connectivity index (χ1) is 5.95. The van der Waals surface area contributed by atoms with Gasteiger partial charge in [0.15, 0.2) is 0 Å². The minimum Gasteiger partial charge on any atom is -0.516 e. The van der Waals surface area contributed by atoms with E-state index in [1.807, 2.05) is 20.8 Å². The van der Waals surface area contributed by atoms with Gasteiger partial charge in [-0.15, -0.1) is 0 Å². The minimum absolute atomic E-state index is 0.210. The number of hydrogen-bond donors (Lipinski definition) is 2. The predicted molar refractivity (Wildman–Crippen MR) is 51.5 cm³/mol. The van der Waals surface area contributed by atoms with Crippen molar-refractivity contribution in [1.82, 2.24) is 0 Å². The quantitative estimate of drug-likeness (QED) is 0.667. The van der Waals surface area contributed by atoms with Gasteiger partial charge in [0.05, 0.1) is 12.5 Å². The van der Waals surface area contributed by atoms with Gasteiger partial charge in [-0.05, 0) is 23.0 Å². The number of alkyl halides is 1. The van der Waals surface area contributed by atoms with E-state index in [0.717, 1.165) is 12.5 Å². The zero-order valence-electron chi connectivity index (χ0n) is 8.34. The Balaban J connectivity index is 4.50. The average Bonchev–Trinajstić information content (AvgIpc) is 2.04. The van der Waals surface area contributed by atoms with E-state index in [2.05, 4.69) is 0 Å². The topological polar surface area (TPSA) is 40.5 Å². The van der Waals surface area contributed by atoms with Crippen molar-refractivity contribution in [1.29, 1.82) is 0 Å². The molecular formula is C10H17FO2.